The zero-order valence-electron chi connectivity index (χ0n) is 24.1. The number of esters is 2. The van der Waals surface area contributed by atoms with Crippen molar-refractivity contribution in [2.75, 3.05) is 19.8 Å². The molecule has 0 atom stereocenters. The maximum Gasteiger partial charge on any atom is 0.343 e. The van der Waals surface area contributed by atoms with Crippen molar-refractivity contribution in [3.05, 3.63) is 96.1 Å². The molecule has 7 nitrogen and oxygen atoms in total. The third-order valence-corrected chi connectivity index (χ3v) is 6.15. The Labute approximate surface area is 243 Å². The highest BCUT2D eigenvalue weighted by Crippen LogP contribution is 2.27. The van der Waals surface area contributed by atoms with Gasteiger partial charge in [-0.05, 0) is 73.0 Å². The lowest BCUT2D eigenvalue weighted by atomic mass is 10.1. The summed E-state index contributed by atoms with van der Waals surface area (Å²) in [6.45, 7) is 9.46. The van der Waals surface area contributed by atoms with Crippen LogP contribution in [0, 0.1) is 0 Å². The van der Waals surface area contributed by atoms with Crippen molar-refractivity contribution in [3.63, 3.8) is 0 Å². The van der Waals surface area contributed by atoms with Crippen molar-refractivity contribution in [1.82, 2.24) is 0 Å². The first-order valence-corrected chi connectivity index (χ1v) is 14.3. The third kappa shape index (κ3) is 10.7. The van der Waals surface area contributed by atoms with Gasteiger partial charge in [0.1, 0.15) is 41.8 Å². The number of hydrogen-bond acceptors (Lipinski definition) is 7. The Kier molecular flexibility index (Phi) is 13.3. The van der Waals surface area contributed by atoms with E-state index in [1.165, 1.54) is 6.07 Å². The van der Waals surface area contributed by atoms with Crippen molar-refractivity contribution in [1.29, 1.82) is 0 Å². The minimum Gasteiger partial charge on any atom is -0.494 e. The van der Waals surface area contributed by atoms with Crippen molar-refractivity contribution >= 4 is 11.9 Å². The first kappa shape index (κ1) is 31.3. The molecule has 0 fully saturated rings. The quantitative estimate of drug-likeness (QED) is 0.0675. The van der Waals surface area contributed by atoms with E-state index in [1.807, 2.05) is 12.1 Å². The fraction of sp³-hybridized carbons (Fsp3) is 0.353. The van der Waals surface area contributed by atoms with Crippen molar-refractivity contribution < 1.29 is 33.3 Å². The van der Waals surface area contributed by atoms with Crippen LogP contribution in [-0.2, 0) is 11.3 Å². The Morgan fingerprint density at radius 3 is 1.98 bits per heavy atom. The van der Waals surface area contributed by atoms with Gasteiger partial charge in [-0.3, -0.25) is 0 Å². The molecule has 0 aromatic heterocycles. The predicted molar refractivity (Wildman–Crippen MR) is 159 cm³/mol. The van der Waals surface area contributed by atoms with Gasteiger partial charge in [0.15, 0.2) is 0 Å². The van der Waals surface area contributed by atoms with Crippen LogP contribution in [-0.4, -0.2) is 31.8 Å². The molecule has 0 spiro atoms. The molecule has 3 aromatic carbocycles. The van der Waals surface area contributed by atoms with Crippen molar-refractivity contribution in [2.45, 2.75) is 59.0 Å². The normalized spacial score (nSPS) is 10.5. The van der Waals surface area contributed by atoms with E-state index in [2.05, 4.69) is 20.4 Å². The lowest BCUT2D eigenvalue weighted by Crippen LogP contribution is -2.12. The Morgan fingerprint density at radius 1 is 0.707 bits per heavy atom. The highest BCUT2D eigenvalue weighted by Gasteiger charge is 2.18. The summed E-state index contributed by atoms with van der Waals surface area (Å²) in [4.78, 5) is 25.9. The lowest BCUT2D eigenvalue weighted by Gasteiger charge is -2.13. The maximum atomic E-state index is 13.1. The summed E-state index contributed by atoms with van der Waals surface area (Å²) in [7, 11) is 0. The standard InChI is InChI=1S/C34H40O7/c1-4-7-9-22-38-29-17-13-27(14-18-29)33(35)41-30-19-20-32(39-23-10-8-5-2)31(24-30)34(36)40-25-26-11-15-28(16-12-26)37-21-6-3/h6,11-20,24H,3-5,7-10,21-23,25H2,1-2H3. The number of carbonyl (C=O) groups excluding carboxylic acids is 2. The van der Waals surface area contributed by atoms with Crippen LogP contribution in [0.4, 0.5) is 0 Å². The van der Waals surface area contributed by atoms with Gasteiger partial charge >= 0.3 is 11.9 Å². The Bertz CT molecular complexity index is 1230. The summed E-state index contributed by atoms with van der Waals surface area (Å²) >= 11 is 0. The molecule has 0 aliphatic carbocycles. The van der Waals surface area contributed by atoms with Crippen LogP contribution < -0.4 is 18.9 Å². The second-order valence-corrected chi connectivity index (χ2v) is 9.50. The van der Waals surface area contributed by atoms with Gasteiger partial charge in [-0.2, -0.15) is 0 Å². The van der Waals surface area contributed by atoms with Crippen LogP contribution >= 0.6 is 0 Å². The van der Waals surface area contributed by atoms with Gasteiger partial charge in [-0.15, -0.1) is 0 Å². The highest BCUT2D eigenvalue weighted by molar-refractivity contribution is 5.94. The van der Waals surface area contributed by atoms with Crippen molar-refractivity contribution in [3.8, 4) is 23.0 Å². The average molecular weight is 561 g/mol. The van der Waals surface area contributed by atoms with E-state index in [0.29, 0.717) is 42.6 Å². The number of unbranched alkanes of at least 4 members (excludes halogenated alkanes) is 4. The molecule has 0 aliphatic rings. The van der Waals surface area contributed by atoms with E-state index in [0.717, 1.165) is 44.1 Å². The molecule has 0 saturated heterocycles. The number of benzene rings is 3. The molecule has 41 heavy (non-hydrogen) atoms. The number of rotatable bonds is 18. The minimum atomic E-state index is -0.579. The van der Waals surface area contributed by atoms with E-state index in [9.17, 15) is 9.59 Å². The molecule has 218 valence electrons. The topological polar surface area (TPSA) is 80.3 Å². The molecular formula is C34H40O7. The summed E-state index contributed by atoms with van der Waals surface area (Å²) in [6, 6.07) is 18.8. The van der Waals surface area contributed by atoms with E-state index >= 15 is 0 Å². The van der Waals surface area contributed by atoms with E-state index < -0.39 is 11.9 Å². The van der Waals surface area contributed by atoms with Crippen LogP contribution in [0.2, 0.25) is 0 Å². The zero-order valence-corrected chi connectivity index (χ0v) is 24.1. The van der Waals surface area contributed by atoms with Gasteiger partial charge in [0.05, 0.1) is 18.8 Å². The molecule has 0 amide bonds. The molecule has 0 aliphatic heterocycles. The molecule has 0 bridgehead atoms. The predicted octanol–water partition coefficient (Wildman–Crippen LogP) is 7.97. The fourth-order valence-corrected chi connectivity index (χ4v) is 3.85. The lowest BCUT2D eigenvalue weighted by molar-refractivity contribution is 0.0466. The van der Waals surface area contributed by atoms with Crippen molar-refractivity contribution in [2.24, 2.45) is 0 Å². The van der Waals surface area contributed by atoms with Gasteiger partial charge in [-0.25, -0.2) is 9.59 Å². The Hall–Kier alpha value is -4.26. The molecule has 0 radical (unpaired) electrons. The molecule has 7 heteroatoms. The molecule has 0 N–H and O–H groups in total. The maximum absolute atomic E-state index is 13.1. The number of carbonyl (C=O) groups is 2. The Morgan fingerprint density at radius 2 is 1.32 bits per heavy atom. The van der Waals surface area contributed by atoms with Gasteiger partial charge in [0.25, 0.3) is 0 Å². The monoisotopic (exact) mass is 560 g/mol. The van der Waals surface area contributed by atoms with Gasteiger partial charge in [0, 0.05) is 0 Å². The first-order valence-electron chi connectivity index (χ1n) is 14.3. The highest BCUT2D eigenvalue weighted by atomic mass is 16.5. The third-order valence-electron chi connectivity index (χ3n) is 6.15. The zero-order chi connectivity index (χ0) is 29.3. The van der Waals surface area contributed by atoms with Crippen LogP contribution in [0.1, 0.15) is 78.7 Å². The SMILES string of the molecule is C=CCOc1ccc(COC(=O)c2cc(OC(=O)c3ccc(OCCCCC)cc3)ccc2OCCCCC)cc1. The van der Waals surface area contributed by atoms with E-state index in [-0.39, 0.29) is 17.9 Å². The summed E-state index contributed by atoms with van der Waals surface area (Å²) in [6.07, 6.45) is 7.83. The van der Waals surface area contributed by atoms with Crippen LogP contribution in [0.25, 0.3) is 0 Å². The first-order chi connectivity index (χ1) is 20.0. The van der Waals surface area contributed by atoms with E-state index in [1.54, 1.807) is 54.6 Å². The molecule has 0 unspecified atom stereocenters. The smallest absolute Gasteiger partial charge is 0.343 e. The minimum absolute atomic E-state index is 0.0622. The molecular weight excluding hydrogens is 520 g/mol. The summed E-state index contributed by atoms with van der Waals surface area (Å²) in [5.74, 6) is 0.870. The summed E-state index contributed by atoms with van der Waals surface area (Å²) < 4.78 is 28.3. The average Bonchev–Trinajstić information content (AvgIpc) is 3.00. The van der Waals surface area contributed by atoms with Gasteiger partial charge in [-0.1, -0.05) is 64.3 Å². The van der Waals surface area contributed by atoms with Crippen LogP contribution in [0.3, 0.4) is 0 Å². The van der Waals surface area contributed by atoms with Gasteiger partial charge < -0.3 is 23.7 Å². The second-order valence-electron chi connectivity index (χ2n) is 9.50. The molecule has 3 aromatic rings. The van der Waals surface area contributed by atoms with Crippen LogP contribution in [0.5, 0.6) is 23.0 Å². The number of hydrogen-bond donors (Lipinski definition) is 0. The second kappa shape index (κ2) is 17.4. The largest absolute Gasteiger partial charge is 0.494 e. The van der Waals surface area contributed by atoms with Gasteiger partial charge in [0.2, 0.25) is 0 Å². The summed E-state index contributed by atoms with van der Waals surface area (Å²) in [5, 5.41) is 0. The fourth-order valence-electron chi connectivity index (χ4n) is 3.85. The molecule has 3 rings (SSSR count). The number of ether oxygens (including phenoxy) is 5. The summed E-state index contributed by atoms with van der Waals surface area (Å²) in [5.41, 5.74) is 1.36. The Balaban J connectivity index is 1.67. The van der Waals surface area contributed by atoms with Crippen LogP contribution in [0.15, 0.2) is 79.4 Å². The molecule has 0 heterocycles. The molecule has 0 saturated carbocycles. The van der Waals surface area contributed by atoms with E-state index in [4.69, 9.17) is 23.7 Å².